The molecule has 0 saturated heterocycles. The van der Waals surface area contributed by atoms with Crippen molar-refractivity contribution in [3.8, 4) is 22.9 Å². The number of nitrogens with one attached hydrogen (secondary N) is 2. The molecule has 0 fully saturated rings. The fourth-order valence-electron chi connectivity index (χ4n) is 3.67. The zero-order chi connectivity index (χ0) is 25.1. The van der Waals surface area contributed by atoms with Crippen molar-refractivity contribution >= 4 is 45.7 Å². The summed E-state index contributed by atoms with van der Waals surface area (Å²) in [6.07, 6.45) is 4.30. The van der Waals surface area contributed by atoms with E-state index in [1.807, 2.05) is 39.2 Å². The first-order valence-electron chi connectivity index (χ1n) is 10.7. The van der Waals surface area contributed by atoms with Crippen LogP contribution in [0.25, 0.3) is 22.2 Å². The van der Waals surface area contributed by atoms with Crippen molar-refractivity contribution in [2.24, 2.45) is 0 Å². The van der Waals surface area contributed by atoms with Crippen LogP contribution in [0.1, 0.15) is 18.6 Å². The van der Waals surface area contributed by atoms with Gasteiger partial charge in [0.1, 0.15) is 23.2 Å². The number of pyridine rings is 2. The Morgan fingerprint density at radius 2 is 1.91 bits per heavy atom. The topological polar surface area (TPSA) is 105 Å². The van der Waals surface area contributed by atoms with Crippen molar-refractivity contribution in [1.82, 2.24) is 25.1 Å². The Kier molecular flexibility index (Phi) is 7.39. The second-order valence-electron chi connectivity index (χ2n) is 8.12. The molecule has 4 aromatic rings. The van der Waals surface area contributed by atoms with Crippen molar-refractivity contribution in [3.63, 3.8) is 0 Å². The standard InChI is InChI=1S/C24H24Cl2N6O3/c1-13(22-17(25)10-27-11-18(22)26)35-15-5-6-19-16(8-15)23(31-30-19)14-7-20(24(34-4)28-9-14)29-21(33)12-32(2)3/h5-11,13H,12H2,1-4H3,(H,29,33)(H,30,31)/t13-/m1/s1. The van der Waals surface area contributed by atoms with Gasteiger partial charge in [0.05, 0.1) is 29.2 Å². The molecule has 0 saturated carbocycles. The normalized spacial score (nSPS) is 12.1. The first-order valence-corrected chi connectivity index (χ1v) is 11.4. The molecule has 0 unspecified atom stereocenters. The summed E-state index contributed by atoms with van der Waals surface area (Å²) in [7, 11) is 5.14. The van der Waals surface area contributed by atoms with Crippen molar-refractivity contribution in [2.45, 2.75) is 13.0 Å². The van der Waals surface area contributed by atoms with E-state index in [1.54, 1.807) is 17.2 Å². The molecule has 0 aliphatic heterocycles. The molecule has 3 aromatic heterocycles. The lowest BCUT2D eigenvalue weighted by Crippen LogP contribution is -2.27. The summed E-state index contributed by atoms with van der Waals surface area (Å²) in [4.78, 5) is 22.4. The van der Waals surface area contributed by atoms with E-state index in [2.05, 4.69) is 25.5 Å². The number of aromatic nitrogens is 4. The van der Waals surface area contributed by atoms with Gasteiger partial charge >= 0.3 is 0 Å². The van der Waals surface area contributed by atoms with Crippen molar-refractivity contribution in [3.05, 3.63) is 58.5 Å². The van der Waals surface area contributed by atoms with Crippen LogP contribution in [0.4, 0.5) is 5.69 Å². The van der Waals surface area contributed by atoms with Crippen LogP contribution in [0.3, 0.4) is 0 Å². The van der Waals surface area contributed by atoms with Gasteiger partial charge in [-0.1, -0.05) is 23.2 Å². The lowest BCUT2D eigenvalue weighted by atomic mass is 10.1. The molecular formula is C24H24Cl2N6O3. The molecule has 0 aliphatic carbocycles. The van der Waals surface area contributed by atoms with E-state index in [4.69, 9.17) is 32.7 Å². The highest BCUT2D eigenvalue weighted by atomic mass is 35.5. The van der Waals surface area contributed by atoms with Gasteiger partial charge in [0.25, 0.3) is 0 Å². The monoisotopic (exact) mass is 514 g/mol. The van der Waals surface area contributed by atoms with Gasteiger partial charge < -0.3 is 19.7 Å². The molecule has 1 aromatic carbocycles. The third kappa shape index (κ3) is 5.48. The SMILES string of the molecule is COc1ncc(-c2n[nH]c3ccc(O[C@H](C)c4c(Cl)cncc4Cl)cc23)cc1NC(=O)CN(C)C. The van der Waals surface area contributed by atoms with Crippen LogP contribution in [0.15, 0.2) is 42.9 Å². The zero-order valence-corrected chi connectivity index (χ0v) is 21.1. The third-order valence-electron chi connectivity index (χ3n) is 5.20. The van der Waals surface area contributed by atoms with Gasteiger partial charge in [-0.15, -0.1) is 0 Å². The van der Waals surface area contributed by atoms with E-state index in [0.717, 1.165) is 10.9 Å². The summed E-state index contributed by atoms with van der Waals surface area (Å²) in [6, 6.07) is 7.37. The number of aromatic amines is 1. The zero-order valence-electron chi connectivity index (χ0n) is 19.6. The number of carbonyl (C=O) groups excluding carboxylic acids is 1. The van der Waals surface area contributed by atoms with E-state index < -0.39 is 6.10 Å². The number of amides is 1. The Balaban J connectivity index is 1.66. The maximum Gasteiger partial charge on any atom is 0.238 e. The summed E-state index contributed by atoms with van der Waals surface area (Å²) in [6.45, 7) is 2.09. The Labute approximate surface area is 212 Å². The smallest absolute Gasteiger partial charge is 0.238 e. The van der Waals surface area contributed by atoms with Gasteiger partial charge in [0.15, 0.2) is 0 Å². The second-order valence-corrected chi connectivity index (χ2v) is 8.94. The van der Waals surface area contributed by atoms with Crippen LogP contribution in [0.2, 0.25) is 10.0 Å². The van der Waals surface area contributed by atoms with Crippen molar-refractivity contribution in [1.29, 1.82) is 0 Å². The molecule has 182 valence electrons. The quantitative estimate of drug-likeness (QED) is 0.341. The van der Waals surface area contributed by atoms with Gasteiger partial charge in [0, 0.05) is 35.1 Å². The van der Waals surface area contributed by atoms with Crippen LogP contribution in [0, 0.1) is 0 Å². The van der Waals surface area contributed by atoms with Gasteiger partial charge in [-0.05, 0) is 45.3 Å². The number of carbonyl (C=O) groups is 1. The summed E-state index contributed by atoms with van der Waals surface area (Å²) in [5.41, 5.74) is 3.28. The third-order valence-corrected chi connectivity index (χ3v) is 5.80. The molecule has 0 aliphatic rings. The number of hydrogen-bond acceptors (Lipinski definition) is 7. The van der Waals surface area contributed by atoms with E-state index in [0.29, 0.717) is 44.2 Å². The molecule has 11 heteroatoms. The van der Waals surface area contributed by atoms with Crippen LogP contribution in [-0.2, 0) is 4.79 Å². The fourth-order valence-corrected chi connectivity index (χ4v) is 4.34. The molecular weight excluding hydrogens is 491 g/mol. The number of likely N-dealkylation sites (N-methyl/N-ethyl adjacent to an activating group) is 1. The molecule has 1 atom stereocenters. The summed E-state index contributed by atoms with van der Waals surface area (Å²) >= 11 is 12.6. The lowest BCUT2D eigenvalue weighted by molar-refractivity contribution is -0.116. The number of benzene rings is 1. The first-order chi connectivity index (χ1) is 16.8. The number of H-pyrrole nitrogens is 1. The van der Waals surface area contributed by atoms with Crippen molar-refractivity contribution in [2.75, 3.05) is 33.1 Å². The Bertz CT molecular complexity index is 1350. The average molecular weight is 515 g/mol. The Morgan fingerprint density at radius 3 is 2.60 bits per heavy atom. The van der Waals surface area contributed by atoms with E-state index in [1.165, 1.54) is 19.5 Å². The maximum absolute atomic E-state index is 12.3. The second kappa shape index (κ2) is 10.5. The molecule has 2 N–H and O–H groups in total. The van der Waals surface area contributed by atoms with Gasteiger partial charge in [-0.2, -0.15) is 5.10 Å². The number of anilines is 1. The minimum Gasteiger partial charge on any atom is -0.486 e. The van der Waals surface area contributed by atoms with E-state index in [9.17, 15) is 4.79 Å². The van der Waals surface area contributed by atoms with E-state index >= 15 is 0 Å². The molecule has 9 nitrogen and oxygen atoms in total. The number of hydrogen-bond donors (Lipinski definition) is 2. The van der Waals surface area contributed by atoms with Crippen LogP contribution in [-0.4, -0.2) is 58.7 Å². The molecule has 35 heavy (non-hydrogen) atoms. The highest BCUT2D eigenvalue weighted by Crippen LogP contribution is 2.36. The number of ether oxygens (including phenoxy) is 2. The first kappa shape index (κ1) is 24.7. The lowest BCUT2D eigenvalue weighted by Gasteiger charge is -2.17. The average Bonchev–Trinajstić information content (AvgIpc) is 3.21. The number of methoxy groups -OCH3 is 1. The molecule has 0 radical (unpaired) electrons. The maximum atomic E-state index is 12.3. The highest BCUT2D eigenvalue weighted by Gasteiger charge is 2.18. The molecule has 3 heterocycles. The minimum absolute atomic E-state index is 0.183. The molecule has 4 rings (SSSR count). The number of fused-ring (bicyclic) bond motifs is 1. The van der Waals surface area contributed by atoms with Gasteiger partial charge in [0.2, 0.25) is 11.8 Å². The van der Waals surface area contributed by atoms with Gasteiger partial charge in [-0.25, -0.2) is 4.98 Å². The molecule has 0 bridgehead atoms. The minimum atomic E-state index is -0.410. The predicted molar refractivity (Wildman–Crippen MR) is 136 cm³/mol. The van der Waals surface area contributed by atoms with E-state index in [-0.39, 0.29) is 12.5 Å². The fraction of sp³-hybridized carbons (Fsp3) is 0.250. The Hall–Kier alpha value is -3.40. The van der Waals surface area contributed by atoms with Crippen LogP contribution < -0.4 is 14.8 Å². The Morgan fingerprint density at radius 1 is 1.17 bits per heavy atom. The largest absolute Gasteiger partial charge is 0.486 e. The number of rotatable bonds is 8. The van der Waals surface area contributed by atoms with Crippen molar-refractivity contribution < 1.29 is 14.3 Å². The predicted octanol–water partition coefficient (Wildman–Crippen LogP) is 4.98. The summed E-state index contributed by atoms with van der Waals surface area (Å²) in [5, 5.41) is 12.0. The number of halogens is 2. The highest BCUT2D eigenvalue weighted by molar-refractivity contribution is 6.35. The summed E-state index contributed by atoms with van der Waals surface area (Å²) in [5.74, 6) is 0.736. The molecule has 0 spiro atoms. The molecule has 1 amide bonds. The van der Waals surface area contributed by atoms with Crippen LogP contribution >= 0.6 is 23.2 Å². The van der Waals surface area contributed by atoms with Gasteiger partial charge in [-0.3, -0.25) is 14.9 Å². The summed E-state index contributed by atoms with van der Waals surface area (Å²) < 4.78 is 11.5. The van der Waals surface area contributed by atoms with Crippen LogP contribution in [0.5, 0.6) is 11.6 Å². The number of nitrogens with zero attached hydrogens (tertiary/aromatic N) is 4.